The predicted molar refractivity (Wildman–Crippen MR) is 93.2 cm³/mol. The van der Waals surface area contributed by atoms with Gasteiger partial charge in [0.05, 0.1) is 9.50 Å². The minimum Gasteiger partial charge on any atom is -0.481 e. The fourth-order valence-electron chi connectivity index (χ4n) is 1.72. The van der Waals surface area contributed by atoms with E-state index in [4.69, 9.17) is 33.7 Å². The average Bonchev–Trinajstić information content (AvgIpc) is 2.46. The van der Waals surface area contributed by atoms with Crippen molar-refractivity contribution in [3.63, 3.8) is 0 Å². The number of carbonyl (C=O) groups is 2. The van der Waals surface area contributed by atoms with Crippen molar-refractivity contribution in [1.29, 1.82) is 0 Å². The molecule has 0 aliphatic heterocycles. The number of rotatable bonds is 5. The van der Waals surface area contributed by atoms with Crippen molar-refractivity contribution < 1.29 is 14.3 Å². The fraction of sp³-hybridized carbons (Fsp3) is 0.0667. The summed E-state index contributed by atoms with van der Waals surface area (Å²) >= 11 is 15.1. The van der Waals surface area contributed by atoms with Crippen molar-refractivity contribution in [2.75, 3.05) is 11.9 Å². The molecule has 3 N–H and O–H groups in total. The lowest BCUT2D eigenvalue weighted by atomic mass is 10.2. The highest BCUT2D eigenvalue weighted by molar-refractivity contribution is 9.10. The van der Waals surface area contributed by atoms with Gasteiger partial charge in [-0.2, -0.15) is 0 Å². The molecule has 0 aromatic heterocycles. The first-order chi connectivity index (χ1) is 10.9. The van der Waals surface area contributed by atoms with Crippen LogP contribution < -0.4 is 15.8 Å². The monoisotopic (exact) mass is 416 g/mol. The molecule has 0 heterocycles. The number of nitrogens with two attached hydrogens (primary N) is 1. The van der Waals surface area contributed by atoms with E-state index in [1.807, 2.05) is 0 Å². The lowest BCUT2D eigenvalue weighted by molar-refractivity contribution is -0.118. The molecule has 5 nitrogen and oxygen atoms in total. The Morgan fingerprint density at radius 1 is 1.17 bits per heavy atom. The summed E-state index contributed by atoms with van der Waals surface area (Å²) in [6.45, 7) is -0.239. The Morgan fingerprint density at radius 2 is 1.83 bits per heavy atom. The number of primary amides is 1. The van der Waals surface area contributed by atoms with E-state index in [1.54, 1.807) is 18.2 Å². The summed E-state index contributed by atoms with van der Waals surface area (Å²) in [5, 5.41) is 3.37. The second-order valence-electron chi connectivity index (χ2n) is 4.48. The Balaban J connectivity index is 1.96. The largest absolute Gasteiger partial charge is 0.481 e. The average molecular weight is 418 g/mol. The number of anilines is 1. The highest BCUT2D eigenvalue weighted by Crippen LogP contribution is 2.35. The molecule has 2 aromatic rings. The molecule has 0 atom stereocenters. The van der Waals surface area contributed by atoms with E-state index in [0.29, 0.717) is 31.5 Å². The van der Waals surface area contributed by atoms with Crippen LogP contribution >= 0.6 is 39.1 Å². The van der Waals surface area contributed by atoms with Gasteiger partial charge in [0.25, 0.3) is 5.91 Å². The lowest BCUT2D eigenvalue weighted by Crippen LogP contribution is -2.20. The van der Waals surface area contributed by atoms with Gasteiger partial charge >= 0.3 is 0 Å². The number of hydrogen-bond donors (Lipinski definition) is 2. The summed E-state index contributed by atoms with van der Waals surface area (Å²) in [4.78, 5) is 22.9. The first kappa shape index (κ1) is 17.6. The van der Waals surface area contributed by atoms with E-state index in [-0.39, 0.29) is 12.5 Å². The van der Waals surface area contributed by atoms with Crippen LogP contribution in [0.2, 0.25) is 10.0 Å². The maximum absolute atomic E-state index is 11.9. The van der Waals surface area contributed by atoms with E-state index in [0.717, 1.165) is 0 Å². The van der Waals surface area contributed by atoms with Crippen LogP contribution in [0.1, 0.15) is 10.4 Å². The van der Waals surface area contributed by atoms with Crippen LogP contribution in [0.4, 0.5) is 5.69 Å². The van der Waals surface area contributed by atoms with Crippen molar-refractivity contribution >= 4 is 56.6 Å². The SMILES string of the molecule is NC(=O)c1ccc(NC(=O)COc2c(Cl)cc(Cl)cc2Br)cc1. The molecule has 8 heteroatoms. The van der Waals surface area contributed by atoms with Crippen LogP contribution in [0.25, 0.3) is 0 Å². The van der Waals surface area contributed by atoms with Crippen molar-refractivity contribution in [3.8, 4) is 5.75 Å². The van der Waals surface area contributed by atoms with Gasteiger partial charge in [-0.25, -0.2) is 0 Å². The van der Waals surface area contributed by atoms with Crippen molar-refractivity contribution in [1.82, 2.24) is 0 Å². The molecule has 2 amide bonds. The molecule has 23 heavy (non-hydrogen) atoms. The zero-order valence-electron chi connectivity index (χ0n) is 11.6. The summed E-state index contributed by atoms with van der Waals surface area (Å²) in [5.41, 5.74) is 6.02. The molecule has 0 bridgehead atoms. The minimum atomic E-state index is -0.534. The third-order valence-electron chi connectivity index (χ3n) is 2.76. The first-order valence-corrected chi connectivity index (χ1v) is 7.89. The second kappa shape index (κ2) is 7.68. The van der Waals surface area contributed by atoms with Gasteiger partial charge in [0, 0.05) is 16.3 Å². The standard InChI is InChI=1S/C15H11BrCl2N2O3/c16-11-5-9(17)6-12(18)14(11)23-7-13(21)20-10-3-1-8(2-4-10)15(19)22/h1-6H,7H2,(H2,19,22)(H,20,21). The van der Waals surface area contributed by atoms with Gasteiger partial charge in [0.15, 0.2) is 12.4 Å². The van der Waals surface area contributed by atoms with Gasteiger partial charge < -0.3 is 15.8 Å². The van der Waals surface area contributed by atoms with Crippen LogP contribution in [-0.4, -0.2) is 18.4 Å². The summed E-state index contributed by atoms with van der Waals surface area (Å²) in [6, 6.07) is 9.32. The molecule has 120 valence electrons. The smallest absolute Gasteiger partial charge is 0.262 e. The van der Waals surface area contributed by atoms with Crippen LogP contribution in [0, 0.1) is 0 Å². The molecule has 2 aromatic carbocycles. The summed E-state index contributed by atoms with van der Waals surface area (Å²) in [7, 11) is 0. The Hall–Kier alpha value is -1.76. The molecule has 0 radical (unpaired) electrons. The zero-order chi connectivity index (χ0) is 17.0. The minimum absolute atomic E-state index is 0.239. The van der Waals surface area contributed by atoms with Crippen LogP contribution in [0.3, 0.4) is 0 Å². The molecule has 0 fully saturated rings. The Labute approximate surface area is 150 Å². The van der Waals surface area contributed by atoms with Gasteiger partial charge in [-0.1, -0.05) is 23.2 Å². The van der Waals surface area contributed by atoms with Gasteiger partial charge in [-0.05, 0) is 52.3 Å². The Morgan fingerprint density at radius 3 is 2.39 bits per heavy atom. The van der Waals surface area contributed by atoms with Crippen LogP contribution in [0.15, 0.2) is 40.9 Å². The van der Waals surface area contributed by atoms with Gasteiger partial charge in [0.2, 0.25) is 5.91 Å². The van der Waals surface area contributed by atoms with E-state index >= 15 is 0 Å². The highest BCUT2D eigenvalue weighted by Gasteiger charge is 2.11. The number of carbonyl (C=O) groups excluding carboxylic acids is 2. The zero-order valence-corrected chi connectivity index (χ0v) is 14.7. The van der Waals surface area contributed by atoms with Crippen molar-refractivity contribution in [2.45, 2.75) is 0 Å². The number of amides is 2. The topological polar surface area (TPSA) is 81.4 Å². The molecule has 2 rings (SSSR count). The predicted octanol–water partition coefficient (Wildman–Crippen LogP) is 3.87. The third kappa shape index (κ3) is 4.86. The van der Waals surface area contributed by atoms with Gasteiger partial charge in [-0.3, -0.25) is 9.59 Å². The third-order valence-corrected chi connectivity index (χ3v) is 3.85. The number of nitrogens with one attached hydrogen (secondary N) is 1. The number of benzene rings is 2. The fourth-order valence-corrected chi connectivity index (χ4v) is 3.09. The molecular formula is C15H11BrCl2N2O3. The normalized spacial score (nSPS) is 10.2. The van der Waals surface area contributed by atoms with E-state index in [1.165, 1.54) is 18.2 Å². The molecule has 0 aliphatic rings. The van der Waals surface area contributed by atoms with Gasteiger partial charge in [-0.15, -0.1) is 0 Å². The maximum atomic E-state index is 11.9. The van der Waals surface area contributed by atoms with E-state index in [2.05, 4.69) is 21.2 Å². The van der Waals surface area contributed by atoms with Gasteiger partial charge in [0.1, 0.15) is 0 Å². The second-order valence-corrected chi connectivity index (χ2v) is 6.17. The molecular weight excluding hydrogens is 407 g/mol. The van der Waals surface area contributed by atoms with Crippen LogP contribution in [0.5, 0.6) is 5.75 Å². The van der Waals surface area contributed by atoms with E-state index in [9.17, 15) is 9.59 Å². The van der Waals surface area contributed by atoms with Crippen LogP contribution in [-0.2, 0) is 4.79 Å². The maximum Gasteiger partial charge on any atom is 0.262 e. The molecule has 0 unspecified atom stereocenters. The summed E-state index contributed by atoms with van der Waals surface area (Å²) < 4.78 is 5.94. The molecule has 0 saturated heterocycles. The van der Waals surface area contributed by atoms with E-state index < -0.39 is 5.91 Å². The molecule has 0 saturated carbocycles. The quantitative estimate of drug-likeness (QED) is 0.774. The number of ether oxygens (including phenoxy) is 1. The summed E-state index contributed by atoms with van der Waals surface area (Å²) in [5.74, 6) is -0.585. The highest BCUT2D eigenvalue weighted by atomic mass is 79.9. The van der Waals surface area contributed by atoms with Crippen molar-refractivity contribution in [3.05, 3.63) is 56.5 Å². The first-order valence-electron chi connectivity index (χ1n) is 6.34. The lowest BCUT2D eigenvalue weighted by Gasteiger charge is -2.11. The summed E-state index contributed by atoms with van der Waals surface area (Å²) in [6.07, 6.45) is 0. The Bertz CT molecular complexity index is 728. The Kier molecular flexibility index (Phi) is 5.87. The number of hydrogen-bond acceptors (Lipinski definition) is 3. The molecule has 0 spiro atoms. The number of halogens is 3. The van der Waals surface area contributed by atoms with Crippen molar-refractivity contribution in [2.24, 2.45) is 5.73 Å². The molecule has 0 aliphatic carbocycles.